The summed E-state index contributed by atoms with van der Waals surface area (Å²) in [6.07, 6.45) is 0. The normalized spacial score (nSPS) is 17.5. The van der Waals surface area contributed by atoms with Crippen molar-refractivity contribution in [1.82, 2.24) is 4.90 Å². The topological polar surface area (TPSA) is 57.2 Å². The molecule has 3 rings (SSSR count). The van der Waals surface area contributed by atoms with Gasteiger partial charge < -0.3 is 18.9 Å². The lowest BCUT2D eigenvalue weighted by Gasteiger charge is -2.26. The molecule has 0 aliphatic carbocycles. The van der Waals surface area contributed by atoms with Crippen molar-refractivity contribution in [3.8, 4) is 11.5 Å². The summed E-state index contributed by atoms with van der Waals surface area (Å²) in [4.78, 5) is 14.2. The van der Waals surface area contributed by atoms with Crippen LogP contribution in [0.1, 0.15) is 10.4 Å². The van der Waals surface area contributed by atoms with Crippen molar-refractivity contribution in [2.75, 3.05) is 52.7 Å². The molecular weight excluding hydrogens is 310 g/mol. The summed E-state index contributed by atoms with van der Waals surface area (Å²) in [6.45, 7) is 5.43. The minimum atomic E-state index is -0.333. The first kappa shape index (κ1) is 16.9. The number of esters is 1. The van der Waals surface area contributed by atoms with Crippen LogP contribution in [0.25, 0.3) is 0 Å². The fourth-order valence-electron chi connectivity index (χ4n) is 2.35. The average molecular weight is 330 g/mol. The van der Waals surface area contributed by atoms with E-state index in [1.807, 2.05) is 0 Å². The van der Waals surface area contributed by atoms with Gasteiger partial charge in [-0.25, -0.2) is 4.79 Å². The molecule has 0 bridgehead atoms. The predicted molar refractivity (Wildman–Crippen MR) is 82.2 cm³/mol. The number of benzene rings is 1. The van der Waals surface area contributed by atoms with Gasteiger partial charge in [-0.2, -0.15) is 0 Å². The highest BCUT2D eigenvalue weighted by Crippen LogP contribution is 2.30. The molecule has 0 aromatic heterocycles. The highest BCUT2D eigenvalue weighted by molar-refractivity contribution is 5.90. The summed E-state index contributed by atoms with van der Waals surface area (Å²) in [6, 6.07) is 5.11. The Labute approximate surface area is 135 Å². The second-order valence-corrected chi connectivity index (χ2v) is 4.95. The Balaban J connectivity index is 0.00000176. The molecule has 0 atom stereocenters. The largest absolute Gasteiger partial charge is 0.486 e. The van der Waals surface area contributed by atoms with Gasteiger partial charge in [0, 0.05) is 19.6 Å². The van der Waals surface area contributed by atoms with Crippen LogP contribution in [0.2, 0.25) is 0 Å². The maximum atomic E-state index is 12.0. The molecule has 22 heavy (non-hydrogen) atoms. The zero-order valence-electron chi connectivity index (χ0n) is 12.3. The average Bonchev–Trinajstić information content (AvgIpc) is 2.55. The monoisotopic (exact) mass is 329 g/mol. The van der Waals surface area contributed by atoms with Crippen LogP contribution in [0.4, 0.5) is 0 Å². The van der Waals surface area contributed by atoms with E-state index in [1.54, 1.807) is 18.2 Å². The summed E-state index contributed by atoms with van der Waals surface area (Å²) in [7, 11) is 0. The van der Waals surface area contributed by atoms with Gasteiger partial charge in [-0.15, -0.1) is 12.4 Å². The van der Waals surface area contributed by atoms with Gasteiger partial charge in [0.15, 0.2) is 11.5 Å². The Morgan fingerprint density at radius 1 is 1.09 bits per heavy atom. The SMILES string of the molecule is Cl.O=C(OCCN1CCOCC1)c1ccc2c(c1)OCCO2. The van der Waals surface area contributed by atoms with Crippen LogP contribution in [-0.4, -0.2) is 63.5 Å². The van der Waals surface area contributed by atoms with Crippen molar-refractivity contribution in [3.63, 3.8) is 0 Å². The predicted octanol–water partition coefficient (Wildman–Crippen LogP) is 1.37. The summed E-state index contributed by atoms with van der Waals surface area (Å²) in [5.41, 5.74) is 0.487. The molecule has 2 aliphatic rings. The fourth-order valence-corrected chi connectivity index (χ4v) is 2.35. The van der Waals surface area contributed by atoms with E-state index in [2.05, 4.69) is 4.90 Å². The van der Waals surface area contributed by atoms with E-state index in [4.69, 9.17) is 18.9 Å². The maximum Gasteiger partial charge on any atom is 0.338 e. The smallest absolute Gasteiger partial charge is 0.338 e. The van der Waals surface area contributed by atoms with Crippen LogP contribution >= 0.6 is 12.4 Å². The molecule has 122 valence electrons. The van der Waals surface area contributed by atoms with Gasteiger partial charge >= 0.3 is 5.97 Å². The first-order valence-corrected chi connectivity index (χ1v) is 7.20. The Bertz CT molecular complexity index is 505. The van der Waals surface area contributed by atoms with Gasteiger partial charge in [0.1, 0.15) is 19.8 Å². The molecule has 1 aromatic carbocycles. The van der Waals surface area contributed by atoms with E-state index in [1.165, 1.54) is 0 Å². The van der Waals surface area contributed by atoms with Crippen molar-refractivity contribution in [1.29, 1.82) is 0 Å². The second-order valence-electron chi connectivity index (χ2n) is 4.95. The minimum Gasteiger partial charge on any atom is -0.486 e. The number of rotatable bonds is 4. The number of ether oxygens (including phenoxy) is 4. The zero-order valence-corrected chi connectivity index (χ0v) is 13.1. The molecule has 1 aromatic rings. The number of hydrogen-bond acceptors (Lipinski definition) is 6. The van der Waals surface area contributed by atoms with Crippen molar-refractivity contribution in [3.05, 3.63) is 23.8 Å². The van der Waals surface area contributed by atoms with Crippen LogP contribution in [0.3, 0.4) is 0 Å². The molecule has 2 heterocycles. The number of carbonyl (C=O) groups is 1. The summed E-state index contributed by atoms with van der Waals surface area (Å²) < 4.78 is 21.5. The number of carbonyl (C=O) groups excluding carboxylic acids is 1. The summed E-state index contributed by atoms with van der Waals surface area (Å²) in [5.74, 6) is 0.940. The number of hydrogen-bond donors (Lipinski definition) is 0. The van der Waals surface area contributed by atoms with Gasteiger partial charge in [0.2, 0.25) is 0 Å². The lowest BCUT2D eigenvalue weighted by atomic mass is 10.2. The number of morpholine rings is 1. The van der Waals surface area contributed by atoms with Crippen LogP contribution in [0, 0.1) is 0 Å². The van der Waals surface area contributed by atoms with Crippen molar-refractivity contribution >= 4 is 18.4 Å². The standard InChI is InChI=1S/C15H19NO5.ClH/c17-15(21-8-5-16-3-6-18-7-4-16)12-1-2-13-14(11-12)20-10-9-19-13;/h1-2,11H,3-10H2;1H. The van der Waals surface area contributed by atoms with E-state index in [0.29, 0.717) is 36.9 Å². The molecule has 0 radical (unpaired) electrons. The molecule has 0 spiro atoms. The van der Waals surface area contributed by atoms with Crippen molar-refractivity contribution < 1.29 is 23.7 Å². The Kier molecular flexibility index (Phi) is 6.30. The highest BCUT2D eigenvalue weighted by atomic mass is 35.5. The summed E-state index contributed by atoms with van der Waals surface area (Å²) in [5, 5.41) is 0. The molecule has 2 aliphatic heterocycles. The van der Waals surface area contributed by atoms with Crippen LogP contribution in [0.15, 0.2) is 18.2 Å². The molecule has 1 saturated heterocycles. The second kappa shape index (κ2) is 8.22. The Morgan fingerprint density at radius 3 is 2.59 bits per heavy atom. The first-order valence-electron chi connectivity index (χ1n) is 7.20. The third-order valence-corrected chi connectivity index (χ3v) is 3.52. The van der Waals surface area contributed by atoms with E-state index < -0.39 is 0 Å². The number of nitrogens with zero attached hydrogens (tertiary/aromatic N) is 1. The minimum absolute atomic E-state index is 0. The van der Waals surface area contributed by atoms with E-state index in [9.17, 15) is 4.79 Å². The Morgan fingerprint density at radius 2 is 1.82 bits per heavy atom. The van der Waals surface area contributed by atoms with E-state index in [-0.39, 0.29) is 18.4 Å². The molecule has 0 saturated carbocycles. The summed E-state index contributed by atoms with van der Waals surface area (Å²) >= 11 is 0. The zero-order chi connectivity index (χ0) is 14.5. The lowest BCUT2D eigenvalue weighted by Crippen LogP contribution is -2.38. The van der Waals surface area contributed by atoms with Gasteiger partial charge in [-0.1, -0.05) is 0 Å². The molecule has 0 amide bonds. The van der Waals surface area contributed by atoms with Crippen molar-refractivity contribution in [2.24, 2.45) is 0 Å². The van der Waals surface area contributed by atoms with Crippen molar-refractivity contribution in [2.45, 2.75) is 0 Å². The van der Waals surface area contributed by atoms with Gasteiger partial charge in [-0.3, -0.25) is 4.90 Å². The van der Waals surface area contributed by atoms with Gasteiger partial charge in [-0.05, 0) is 18.2 Å². The number of fused-ring (bicyclic) bond motifs is 1. The van der Waals surface area contributed by atoms with Gasteiger partial charge in [0.25, 0.3) is 0 Å². The third-order valence-electron chi connectivity index (χ3n) is 3.52. The van der Waals surface area contributed by atoms with Gasteiger partial charge in [0.05, 0.1) is 18.8 Å². The molecule has 0 N–H and O–H groups in total. The molecular formula is C15H20ClNO5. The van der Waals surface area contributed by atoms with Crippen LogP contribution in [0.5, 0.6) is 11.5 Å². The third kappa shape index (κ3) is 4.25. The number of halogens is 1. The quantitative estimate of drug-likeness (QED) is 0.778. The van der Waals surface area contributed by atoms with Crippen LogP contribution in [-0.2, 0) is 9.47 Å². The fraction of sp³-hybridized carbons (Fsp3) is 0.533. The first-order chi connectivity index (χ1) is 10.3. The lowest BCUT2D eigenvalue weighted by molar-refractivity contribution is 0.0195. The molecule has 1 fully saturated rings. The molecule has 7 heteroatoms. The maximum absolute atomic E-state index is 12.0. The molecule has 6 nitrogen and oxygen atoms in total. The van der Waals surface area contributed by atoms with E-state index in [0.717, 1.165) is 32.8 Å². The Hall–Kier alpha value is -1.50. The molecule has 0 unspecified atom stereocenters. The van der Waals surface area contributed by atoms with Crippen LogP contribution < -0.4 is 9.47 Å². The van der Waals surface area contributed by atoms with E-state index >= 15 is 0 Å². The highest BCUT2D eigenvalue weighted by Gasteiger charge is 2.16.